The summed E-state index contributed by atoms with van der Waals surface area (Å²) in [5.74, 6) is 0. The van der Waals surface area contributed by atoms with Gasteiger partial charge in [-0.3, -0.25) is 5.10 Å². The molecule has 0 spiro atoms. The standard InChI is InChI=1S/C6H10N2O/c1-5(9)4-6-2-3-7-8-6/h2-3,5,9H,4H2,1H3,(H,7,8). The highest BCUT2D eigenvalue weighted by Crippen LogP contribution is 1.95. The molecule has 50 valence electrons. The van der Waals surface area contributed by atoms with E-state index in [1.807, 2.05) is 6.07 Å². The Morgan fingerprint density at radius 3 is 3.11 bits per heavy atom. The molecule has 0 bridgehead atoms. The molecule has 0 aliphatic heterocycles. The minimum Gasteiger partial charge on any atom is -0.393 e. The second kappa shape index (κ2) is 2.64. The summed E-state index contributed by atoms with van der Waals surface area (Å²) in [7, 11) is 0. The molecule has 1 aromatic heterocycles. The van der Waals surface area contributed by atoms with Gasteiger partial charge in [0.1, 0.15) is 0 Å². The molecule has 0 fully saturated rings. The molecule has 1 aromatic rings. The van der Waals surface area contributed by atoms with Crippen LogP contribution in [0.1, 0.15) is 12.6 Å². The molecular formula is C6H10N2O. The Morgan fingerprint density at radius 1 is 1.89 bits per heavy atom. The third-order valence-electron chi connectivity index (χ3n) is 1.07. The van der Waals surface area contributed by atoms with Crippen LogP contribution in [0.5, 0.6) is 0 Å². The lowest BCUT2D eigenvalue weighted by atomic mass is 10.2. The zero-order chi connectivity index (χ0) is 6.69. The summed E-state index contributed by atoms with van der Waals surface area (Å²) in [6, 6.07) is 1.85. The molecule has 0 aliphatic rings. The van der Waals surface area contributed by atoms with E-state index in [9.17, 15) is 0 Å². The van der Waals surface area contributed by atoms with E-state index in [1.54, 1.807) is 13.1 Å². The van der Waals surface area contributed by atoms with Gasteiger partial charge in [-0.05, 0) is 13.0 Å². The lowest BCUT2D eigenvalue weighted by Gasteiger charge is -1.98. The molecule has 0 radical (unpaired) electrons. The van der Waals surface area contributed by atoms with Gasteiger partial charge in [0.2, 0.25) is 0 Å². The van der Waals surface area contributed by atoms with E-state index >= 15 is 0 Å². The van der Waals surface area contributed by atoms with E-state index in [-0.39, 0.29) is 6.10 Å². The van der Waals surface area contributed by atoms with Gasteiger partial charge in [-0.2, -0.15) is 5.10 Å². The lowest BCUT2D eigenvalue weighted by Crippen LogP contribution is -2.04. The Hall–Kier alpha value is -0.830. The SMILES string of the molecule is CC(O)Cc1ccn[nH]1. The summed E-state index contributed by atoms with van der Waals surface area (Å²) in [4.78, 5) is 0. The number of nitrogens with one attached hydrogen (secondary N) is 1. The number of aliphatic hydroxyl groups excluding tert-OH is 1. The molecule has 1 heterocycles. The molecule has 3 nitrogen and oxygen atoms in total. The average Bonchev–Trinajstić information content (AvgIpc) is 2.15. The molecule has 9 heavy (non-hydrogen) atoms. The van der Waals surface area contributed by atoms with Crippen LogP contribution in [0.2, 0.25) is 0 Å². The topological polar surface area (TPSA) is 48.9 Å². The zero-order valence-corrected chi connectivity index (χ0v) is 5.33. The third-order valence-corrected chi connectivity index (χ3v) is 1.07. The highest BCUT2D eigenvalue weighted by molar-refractivity contribution is 4.98. The average molecular weight is 126 g/mol. The summed E-state index contributed by atoms with van der Waals surface area (Å²) in [6.07, 6.45) is 2.04. The van der Waals surface area contributed by atoms with Gasteiger partial charge in [-0.15, -0.1) is 0 Å². The molecule has 1 unspecified atom stereocenters. The van der Waals surface area contributed by atoms with Crippen LogP contribution in [-0.4, -0.2) is 21.4 Å². The molecule has 3 heteroatoms. The van der Waals surface area contributed by atoms with Gasteiger partial charge in [-0.1, -0.05) is 0 Å². The summed E-state index contributed by atoms with van der Waals surface area (Å²) < 4.78 is 0. The molecule has 0 saturated carbocycles. The van der Waals surface area contributed by atoms with Crippen molar-refractivity contribution in [3.8, 4) is 0 Å². The van der Waals surface area contributed by atoms with E-state index in [0.29, 0.717) is 6.42 Å². The normalized spacial score (nSPS) is 13.6. The molecular weight excluding hydrogens is 116 g/mol. The van der Waals surface area contributed by atoms with Crippen molar-refractivity contribution in [2.75, 3.05) is 0 Å². The van der Waals surface area contributed by atoms with Crippen LogP contribution in [0.4, 0.5) is 0 Å². The molecule has 0 amide bonds. The first-order valence-corrected chi connectivity index (χ1v) is 2.95. The number of rotatable bonds is 2. The minimum atomic E-state index is -0.287. The second-order valence-electron chi connectivity index (χ2n) is 2.14. The first-order chi connectivity index (χ1) is 4.29. The van der Waals surface area contributed by atoms with Gasteiger partial charge >= 0.3 is 0 Å². The quantitative estimate of drug-likeness (QED) is 0.600. The van der Waals surface area contributed by atoms with E-state index in [1.165, 1.54) is 0 Å². The minimum absolute atomic E-state index is 0.287. The predicted molar refractivity (Wildman–Crippen MR) is 34.0 cm³/mol. The first kappa shape index (κ1) is 6.29. The van der Waals surface area contributed by atoms with Gasteiger partial charge in [0.25, 0.3) is 0 Å². The lowest BCUT2D eigenvalue weighted by molar-refractivity contribution is 0.194. The van der Waals surface area contributed by atoms with Crippen LogP contribution >= 0.6 is 0 Å². The fourth-order valence-electron chi connectivity index (χ4n) is 0.717. The van der Waals surface area contributed by atoms with Crippen LogP contribution in [0, 0.1) is 0 Å². The molecule has 2 N–H and O–H groups in total. The largest absolute Gasteiger partial charge is 0.393 e. The number of aromatic nitrogens is 2. The second-order valence-corrected chi connectivity index (χ2v) is 2.14. The maximum atomic E-state index is 8.88. The first-order valence-electron chi connectivity index (χ1n) is 2.95. The summed E-state index contributed by atoms with van der Waals surface area (Å²) >= 11 is 0. The molecule has 1 rings (SSSR count). The van der Waals surface area contributed by atoms with Crippen LogP contribution in [-0.2, 0) is 6.42 Å². The molecule has 0 aliphatic carbocycles. The smallest absolute Gasteiger partial charge is 0.0567 e. The summed E-state index contributed by atoms with van der Waals surface area (Å²) in [6.45, 7) is 1.75. The van der Waals surface area contributed by atoms with Crippen molar-refractivity contribution in [1.29, 1.82) is 0 Å². The maximum absolute atomic E-state index is 8.88. The monoisotopic (exact) mass is 126 g/mol. The molecule has 1 atom stereocenters. The summed E-state index contributed by atoms with van der Waals surface area (Å²) in [5.41, 5.74) is 0.977. The highest BCUT2D eigenvalue weighted by atomic mass is 16.3. The number of H-pyrrole nitrogens is 1. The van der Waals surface area contributed by atoms with Crippen molar-refractivity contribution >= 4 is 0 Å². The molecule has 0 aromatic carbocycles. The number of hydrogen-bond acceptors (Lipinski definition) is 2. The van der Waals surface area contributed by atoms with Crippen molar-refractivity contribution in [3.05, 3.63) is 18.0 Å². The van der Waals surface area contributed by atoms with E-state index in [4.69, 9.17) is 5.11 Å². The molecule has 0 saturated heterocycles. The fourth-order valence-corrected chi connectivity index (χ4v) is 0.717. The van der Waals surface area contributed by atoms with Crippen LogP contribution in [0.15, 0.2) is 12.3 Å². The number of aromatic amines is 1. The van der Waals surface area contributed by atoms with Crippen LogP contribution in [0.3, 0.4) is 0 Å². The number of nitrogens with zero attached hydrogens (tertiary/aromatic N) is 1. The number of hydrogen-bond donors (Lipinski definition) is 2. The highest BCUT2D eigenvalue weighted by Gasteiger charge is 1.97. The number of aliphatic hydroxyl groups is 1. The van der Waals surface area contributed by atoms with Gasteiger partial charge in [0, 0.05) is 18.3 Å². The Kier molecular flexibility index (Phi) is 1.85. The zero-order valence-electron chi connectivity index (χ0n) is 5.33. The van der Waals surface area contributed by atoms with E-state index < -0.39 is 0 Å². The Bertz CT molecular complexity index is 158. The van der Waals surface area contributed by atoms with Crippen molar-refractivity contribution in [3.63, 3.8) is 0 Å². The van der Waals surface area contributed by atoms with Gasteiger partial charge in [0.05, 0.1) is 6.10 Å². The Balaban J connectivity index is 2.48. The van der Waals surface area contributed by atoms with Crippen molar-refractivity contribution in [1.82, 2.24) is 10.2 Å². The van der Waals surface area contributed by atoms with Crippen LogP contribution in [0.25, 0.3) is 0 Å². The van der Waals surface area contributed by atoms with Gasteiger partial charge in [-0.25, -0.2) is 0 Å². The summed E-state index contributed by atoms with van der Waals surface area (Å²) in [5, 5.41) is 15.4. The predicted octanol–water partition coefficient (Wildman–Crippen LogP) is 0.333. The Labute approximate surface area is 53.7 Å². The van der Waals surface area contributed by atoms with Crippen molar-refractivity contribution < 1.29 is 5.11 Å². The van der Waals surface area contributed by atoms with Gasteiger partial charge in [0.15, 0.2) is 0 Å². The third kappa shape index (κ3) is 1.85. The van der Waals surface area contributed by atoms with E-state index in [2.05, 4.69) is 10.2 Å². The Morgan fingerprint density at radius 2 is 2.67 bits per heavy atom. The van der Waals surface area contributed by atoms with Crippen molar-refractivity contribution in [2.24, 2.45) is 0 Å². The fraction of sp³-hybridized carbons (Fsp3) is 0.500. The van der Waals surface area contributed by atoms with E-state index in [0.717, 1.165) is 5.69 Å². The maximum Gasteiger partial charge on any atom is 0.0567 e. The van der Waals surface area contributed by atoms with Crippen LogP contribution < -0.4 is 0 Å². The van der Waals surface area contributed by atoms with Crippen molar-refractivity contribution in [2.45, 2.75) is 19.4 Å². The van der Waals surface area contributed by atoms with Gasteiger partial charge < -0.3 is 5.11 Å².